The molecule has 1 aromatic carbocycles. The maximum atomic E-state index is 11.5. The van der Waals surface area contributed by atoms with E-state index < -0.39 is 18.0 Å². The summed E-state index contributed by atoms with van der Waals surface area (Å²) >= 11 is 1.10. The Balaban J connectivity index is 1.82. The molecule has 0 saturated carbocycles. The molecule has 0 aliphatic rings. The van der Waals surface area contributed by atoms with Crippen LogP contribution in [0, 0.1) is 0 Å². The van der Waals surface area contributed by atoms with Crippen LogP contribution in [0.15, 0.2) is 33.9 Å². The molecule has 0 spiro atoms. The van der Waals surface area contributed by atoms with Crippen molar-refractivity contribution in [1.82, 2.24) is 10.3 Å². The fourth-order valence-corrected chi connectivity index (χ4v) is 2.06. The van der Waals surface area contributed by atoms with Crippen LogP contribution in [0.25, 0.3) is 11.1 Å². The van der Waals surface area contributed by atoms with Crippen LogP contribution in [0.5, 0.6) is 0 Å². The first-order valence-electron chi connectivity index (χ1n) is 5.72. The molecule has 0 saturated heterocycles. The van der Waals surface area contributed by atoms with Crippen LogP contribution in [-0.4, -0.2) is 45.5 Å². The standard InChI is InChI=1S/C12H12N2O5S/c15-8(11(17)18)5-13-10(16)6-20-12-14-7-3-1-2-4-9(7)19-12/h1-4,8,15H,5-6H2,(H,13,16)(H,17,18). The molecule has 0 aliphatic heterocycles. The molecule has 8 heteroatoms. The molecule has 1 aromatic heterocycles. The Labute approximate surface area is 118 Å². The summed E-state index contributed by atoms with van der Waals surface area (Å²) in [5.41, 5.74) is 1.34. The molecule has 106 valence electrons. The minimum Gasteiger partial charge on any atom is -0.479 e. The first kappa shape index (κ1) is 14.4. The van der Waals surface area contributed by atoms with Gasteiger partial charge in [-0.25, -0.2) is 9.78 Å². The number of carbonyl (C=O) groups excluding carboxylic acids is 1. The minimum absolute atomic E-state index is 0.0269. The number of fused-ring (bicyclic) bond motifs is 1. The van der Waals surface area contributed by atoms with Gasteiger partial charge in [0.15, 0.2) is 11.7 Å². The lowest BCUT2D eigenvalue weighted by molar-refractivity contribution is -0.146. The van der Waals surface area contributed by atoms with Gasteiger partial charge in [0.1, 0.15) is 5.52 Å². The zero-order valence-electron chi connectivity index (χ0n) is 10.3. The van der Waals surface area contributed by atoms with Crippen LogP contribution in [0.4, 0.5) is 0 Å². The highest BCUT2D eigenvalue weighted by Crippen LogP contribution is 2.22. The van der Waals surface area contributed by atoms with E-state index in [1.165, 1.54) is 0 Å². The average molecular weight is 296 g/mol. The van der Waals surface area contributed by atoms with Crippen molar-refractivity contribution in [2.45, 2.75) is 11.3 Å². The number of nitrogens with zero attached hydrogens (tertiary/aromatic N) is 1. The number of hydrogen-bond donors (Lipinski definition) is 3. The van der Waals surface area contributed by atoms with Crippen molar-refractivity contribution < 1.29 is 24.2 Å². The average Bonchev–Trinajstić information content (AvgIpc) is 2.85. The molecule has 0 fully saturated rings. The van der Waals surface area contributed by atoms with Gasteiger partial charge in [0.25, 0.3) is 5.22 Å². The van der Waals surface area contributed by atoms with Gasteiger partial charge in [0.05, 0.1) is 12.3 Å². The van der Waals surface area contributed by atoms with Crippen molar-refractivity contribution in [3.05, 3.63) is 24.3 Å². The van der Waals surface area contributed by atoms with E-state index in [1.807, 2.05) is 12.1 Å². The van der Waals surface area contributed by atoms with Gasteiger partial charge in [-0.15, -0.1) is 0 Å². The number of para-hydroxylation sites is 2. The maximum absolute atomic E-state index is 11.5. The van der Waals surface area contributed by atoms with Gasteiger partial charge in [-0.05, 0) is 12.1 Å². The lowest BCUT2D eigenvalue weighted by Gasteiger charge is -2.06. The zero-order chi connectivity index (χ0) is 14.5. The van der Waals surface area contributed by atoms with E-state index in [1.54, 1.807) is 12.1 Å². The molecule has 2 aromatic rings. The summed E-state index contributed by atoms with van der Waals surface area (Å²) in [6.07, 6.45) is -1.60. The van der Waals surface area contributed by atoms with E-state index >= 15 is 0 Å². The molecule has 1 unspecified atom stereocenters. The zero-order valence-corrected chi connectivity index (χ0v) is 11.1. The number of amides is 1. The molecular formula is C12H12N2O5S. The summed E-state index contributed by atoms with van der Waals surface area (Å²) in [5, 5.41) is 20.1. The molecule has 0 bridgehead atoms. The Morgan fingerprint density at radius 3 is 2.85 bits per heavy atom. The van der Waals surface area contributed by atoms with Gasteiger partial charge >= 0.3 is 5.97 Å². The summed E-state index contributed by atoms with van der Waals surface area (Å²) in [7, 11) is 0. The molecule has 1 amide bonds. The van der Waals surface area contributed by atoms with Crippen LogP contribution >= 0.6 is 11.8 Å². The second kappa shape index (κ2) is 6.40. The number of carboxylic acids is 1. The number of aliphatic carboxylic acids is 1. The number of carboxylic acid groups (broad SMARTS) is 1. The van der Waals surface area contributed by atoms with E-state index in [0.717, 1.165) is 11.8 Å². The third kappa shape index (κ3) is 3.72. The number of aliphatic hydroxyl groups is 1. The number of nitrogens with one attached hydrogen (secondary N) is 1. The molecule has 7 nitrogen and oxygen atoms in total. The smallest absolute Gasteiger partial charge is 0.334 e. The van der Waals surface area contributed by atoms with E-state index in [9.17, 15) is 9.59 Å². The van der Waals surface area contributed by atoms with Gasteiger partial charge in [-0.3, -0.25) is 4.79 Å². The van der Waals surface area contributed by atoms with Crippen molar-refractivity contribution in [3.8, 4) is 0 Å². The molecule has 1 heterocycles. The van der Waals surface area contributed by atoms with E-state index in [-0.39, 0.29) is 12.3 Å². The van der Waals surface area contributed by atoms with E-state index in [2.05, 4.69) is 10.3 Å². The fraction of sp³-hybridized carbons (Fsp3) is 0.250. The maximum Gasteiger partial charge on any atom is 0.334 e. The van der Waals surface area contributed by atoms with Gasteiger partial charge < -0.3 is 19.9 Å². The third-order valence-corrected chi connectivity index (χ3v) is 3.21. The van der Waals surface area contributed by atoms with Gasteiger partial charge in [-0.1, -0.05) is 23.9 Å². The number of hydrogen-bond acceptors (Lipinski definition) is 6. The molecule has 0 radical (unpaired) electrons. The Bertz CT molecular complexity index is 594. The van der Waals surface area contributed by atoms with Gasteiger partial charge in [-0.2, -0.15) is 0 Å². The second-order valence-electron chi connectivity index (χ2n) is 3.89. The summed E-state index contributed by atoms with van der Waals surface area (Å²) < 4.78 is 5.41. The number of oxazole rings is 1. The second-order valence-corrected chi connectivity index (χ2v) is 4.82. The number of aliphatic hydroxyl groups excluding tert-OH is 1. The largest absolute Gasteiger partial charge is 0.479 e. The molecular weight excluding hydrogens is 284 g/mol. The van der Waals surface area contributed by atoms with Gasteiger partial charge in [0.2, 0.25) is 5.91 Å². The van der Waals surface area contributed by atoms with Crippen LogP contribution in [0.1, 0.15) is 0 Å². The summed E-state index contributed by atoms with van der Waals surface area (Å²) in [6, 6.07) is 7.23. The number of thioether (sulfide) groups is 1. The van der Waals surface area contributed by atoms with Crippen molar-refractivity contribution >= 4 is 34.7 Å². The first-order valence-corrected chi connectivity index (χ1v) is 6.71. The predicted molar refractivity (Wildman–Crippen MR) is 71.4 cm³/mol. The van der Waals surface area contributed by atoms with E-state index in [0.29, 0.717) is 16.3 Å². The lowest BCUT2D eigenvalue weighted by Crippen LogP contribution is -2.37. The van der Waals surface area contributed by atoms with Gasteiger partial charge in [0, 0.05) is 0 Å². The van der Waals surface area contributed by atoms with Crippen LogP contribution < -0.4 is 5.32 Å². The van der Waals surface area contributed by atoms with Crippen molar-refractivity contribution in [2.24, 2.45) is 0 Å². The Morgan fingerprint density at radius 2 is 2.15 bits per heavy atom. The highest BCUT2D eigenvalue weighted by molar-refractivity contribution is 7.99. The SMILES string of the molecule is O=C(CSc1nc2ccccc2o1)NCC(O)C(=O)O. The van der Waals surface area contributed by atoms with Crippen LogP contribution in [0.2, 0.25) is 0 Å². The quantitative estimate of drug-likeness (QED) is 0.664. The molecule has 20 heavy (non-hydrogen) atoms. The monoisotopic (exact) mass is 296 g/mol. The number of rotatable bonds is 6. The summed E-state index contributed by atoms with van der Waals surface area (Å²) in [6.45, 7) is -0.331. The fourth-order valence-electron chi connectivity index (χ4n) is 1.39. The van der Waals surface area contributed by atoms with E-state index in [4.69, 9.17) is 14.6 Å². The molecule has 3 N–H and O–H groups in total. The van der Waals surface area contributed by atoms with Crippen molar-refractivity contribution in [3.63, 3.8) is 0 Å². The van der Waals surface area contributed by atoms with Crippen LogP contribution in [-0.2, 0) is 9.59 Å². The van der Waals surface area contributed by atoms with Crippen molar-refractivity contribution in [2.75, 3.05) is 12.3 Å². The minimum atomic E-state index is -1.60. The highest BCUT2D eigenvalue weighted by Gasteiger charge is 2.15. The lowest BCUT2D eigenvalue weighted by atomic mass is 10.3. The topological polar surface area (TPSA) is 113 Å². The normalized spacial score (nSPS) is 12.2. The Hall–Kier alpha value is -2.06. The Morgan fingerprint density at radius 1 is 1.40 bits per heavy atom. The van der Waals surface area contributed by atoms with Crippen LogP contribution in [0.3, 0.4) is 0 Å². The van der Waals surface area contributed by atoms with Crippen molar-refractivity contribution in [1.29, 1.82) is 0 Å². The third-order valence-electron chi connectivity index (χ3n) is 2.38. The summed E-state index contributed by atoms with van der Waals surface area (Å²) in [4.78, 5) is 26.0. The highest BCUT2D eigenvalue weighted by atomic mass is 32.2. The Kier molecular flexibility index (Phi) is 4.59. The first-order chi connectivity index (χ1) is 9.56. The molecule has 0 aliphatic carbocycles. The number of benzene rings is 1. The number of aromatic nitrogens is 1. The molecule has 1 atom stereocenters. The molecule has 2 rings (SSSR count). The summed E-state index contributed by atoms with van der Waals surface area (Å²) in [5.74, 6) is -1.76. The predicted octanol–water partition coefficient (Wildman–Crippen LogP) is 0.482. The number of carbonyl (C=O) groups is 2.